The highest BCUT2D eigenvalue weighted by Gasteiger charge is 2.36. The van der Waals surface area contributed by atoms with E-state index in [4.69, 9.17) is 0 Å². The van der Waals surface area contributed by atoms with E-state index in [1.807, 2.05) is 0 Å². The first kappa shape index (κ1) is 14.3. The molecule has 0 aliphatic heterocycles. The van der Waals surface area contributed by atoms with Crippen molar-refractivity contribution >= 4 is 17.3 Å². The van der Waals surface area contributed by atoms with Gasteiger partial charge in [-0.05, 0) is 24.5 Å². The predicted octanol–water partition coefficient (Wildman–Crippen LogP) is 2.51. The van der Waals surface area contributed by atoms with Crippen molar-refractivity contribution in [2.24, 2.45) is 5.92 Å². The standard InChI is InChI=1S/C14H19N3O3/c1-4-9-7-11(9)15-12-8-10(14(18)16(2)3)5-6-13(12)17(19)20/h5-6,8-9,11,15H,4,7H2,1-3H3. The second-order valence-electron chi connectivity index (χ2n) is 5.34. The van der Waals surface area contributed by atoms with Crippen LogP contribution in [-0.2, 0) is 0 Å². The molecular formula is C14H19N3O3. The van der Waals surface area contributed by atoms with Crippen LogP contribution in [0.4, 0.5) is 11.4 Å². The molecule has 2 rings (SSSR count). The van der Waals surface area contributed by atoms with E-state index in [-0.39, 0.29) is 17.6 Å². The fraction of sp³-hybridized carbons (Fsp3) is 0.500. The number of carbonyl (C=O) groups is 1. The van der Waals surface area contributed by atoms with Crippen molar-refractivity contribution in [3.8, 4) is 0 Å². The number of nitrogens with one attached hydrogen (secondary N) is 1. The third-order valence-electron chi connectivity index (χ3n) is 3.63. The van der Waals surface area contributed by atoms with E-state index < -0.39 is 4.92 Å². The zero-order valence-electron chi connectivity index (χ0n) is 11.9. The fourth-order valence-electron chi connectivity index (χ4n) is 2.28. The first-order valence-electron chi connectivity index (χ1n) is 6.70. The molecule has 0 bridgehead atoms. The Kier molecular flexibility index (Phi) is 3.92. The molecule has 0 heterocycles. The summed E-state index contributed by atoms with van der Waals surface area (Å²) in [5, 5.41) is 14.2. The average Bonchev–Trinajstić information content (AvgIpc) is 3.15. The van der Waals surface area contributed by atoms with Crippen molar-refractivity contribution in [3.05, 3.63) is 33.9 Å². The number of anilines is 1. The van der Waals surface area contributed by atoms with Gasteiger partial charge >= 0.3 is 0 Å². The second-order valence-corrected chi connectivity index (χ2v) is 5.34. The molecule has 20 heavy (non-hydrogen) atoms. The van der Waals surface area contributed by atoms with E-state index >= 15 is 0 Å². The van der Waals surface area contributed by atoms with Crippen LogP contribution in [0, 0.1) is 16.0 Å². The van der Waals surface area contributed by atoms with Crippen molar-refractivity contribution < 1.29 is 9.72 Å². The van der Waals surface area contributed by atoms with Crippen molar-refractivity contribution in [2.75, 3.05) is 19.4 Å². The van der Waals surface area contributed by atoms with Crippen LogP contribution < -0.4 is 5.32 Å². The van der Waals surface area contributed by atoms with E-state index in [0.717, 1.165) is 12.8 Å². The van der Waals surface area contributed by atoms with Gasteiger partial charge in [-0.3, -0.25) is 14.9 Å². The summed E-state index contributed by atoms with van der Waals surface area (Å²) in [6.07, 6.45) is 2.08. The SMILES string of the molecule is CCC1CC1Nc1cc(C(=O)N(C)C)ccc1[N+](=O)[O-]. The van der Waals surface area contributed by atoms with Crippen LogP contribution in [0.1, 0.15) is 30.1 Å². The van der Waals surface area contributed by atoms with Crippen molar-refractivity contribution in [1.82, 2.24) is 4.90 Å². The van der Waals surface area contributed by atoms with Crippen LogP contribution in [-0.4, -0.2) is 35.9 Å². The van der Waals surface area contributed by atoms with E-state index in [1.54, 1.807) is 20.2 Å². The van der Waals surface area contributed by atoms with Crippen LogP contribution in [0.2, 0.25) is 0 Å². The highest BCUT2D eigenvalue weighted by molar-refractivity contribution is 5.95. The minimum atomic E-state index is -0.421. The van der Waals surface area contributed by atoms with Crippen molar-refractivity contribution in [2.45, 2.75) is 25.8 Å². The average molecular weight is 277 g/mol. The Morgan fingerprint density at radius 2 is 2.20 bits per heavy atom. The van der Waals surface area contributed by atoms with Crippen LogP contribution >= 0.6 is 0 Å². The van der Waals surface area contributed by atoms with E-state index in [1.165, 1.54) is 17.0 Å². The number of rotatable bonds is 5. The summed E-state index contributed by atoms with van der Waals surface area (Å²) in [6, 6.07) is 4.74. The quantitative estimate of drug-likeness (QED) is 0.662. The minimum absolute atomic E-state index is 0.0158. The zero-order valence-corrected chi connectivity index (χ0v) is 11.9. The number of carbonyl (C=O) groups excluding carboxylic acids is 1. The highest BCUT2D eigenvalue weighted by Crippen LogP contribution is 2.38. The predicted molar refractivity (Wildman–Crippen MR) is 76.9 cm³/mol. The van der Waals surface area contributed by atoms with E-state index in [9.17, 15) is 14.9 Å². The Morgan fingerprint density at radius 1 is 1.50 bits per heavy atom. The third kappa shape index (κ3) is 2.89. The third-order valence-corrected chi connectivity index (χ3v) is 3.63. The van der Waals surface area contributed by atoms with Crippen LogP contribution in [0.5, 0.6) is 0 Å². The van der Waals surface area contributed by atoms with Crippen molar-refractivity contribution in [1.29, 1.82) is 0 Å². The maximum atomic E-state index is 11.9. The highest BCUT2D eigenvalue weighted by atomic mass is 16.6. The number of amides is 1. The Labute approximate surface area is 117 Å². The smallest absolute Gasteiger partial charge is 0.292 e. The van der Waals surface area contributed by atoms with Gasteiger partial charge in [0.25, 0.3) is 11.6 Å². The van der Waals surface area contributed by atoms with Gasteiger partial charge in [0.05, 0.1) is 4.92 Å². The molecule has 0 saturated heterocycles. The zero-order chi connectivity index (χ0) is 14.9. The molecule has 2 unspecified atom stereocenters. The second kappa shape index (κ2) is 5.48. The maximum Gasteiger partial charge on any atom is 0.292 e. The summed E-state index contributed by atoms with van der Waals surface area (Å²) in [6.45, 7) is 2.10. The molecule has 108 valence electrons. The first-order chi connectivity index (χ1) is 9.43. The molecule has 1 amide bonds. The molecular weight excluding hydrogens is 258 g/mol. The molecule has 6 heteroatoms. The molecule has 1 N–H and O–H groups in total. The molecule has 1 aromatic rings. The Hall–Kier alpha value is -2.11. The number of benzene rings is 1. The molecule has 0 radical (unpaired) electrons. The fourth-order valence-corrected chi connectivity index (χ4v) is 2.28. The molecule has 1 fully saturated rings. The lowest BCUT2D eigenvalue weighted by atomic mass is 10.1. The molecule has 1 aliphatic carbocycles. The Bertz CT molecular complexity index is 542. The summed E-state index contributed by atoms with van der Waals surface area (Å²) >= 11 is 0. The molecule has 1 aromatic carbocycles. The lowest BCUT2D eigenvalue weighted by molar-refractivity contribution is -0.384. The molecule has 6 nitrogen and oxygen atoms in total. The van der Waals surface area contributed by atoms with Gasteiger partial charge in [0.1, 0.15) is 5.69 Å². The lowest BCUT2D eigenvalue weighted by Gasteiger charge is -2.12. The van der Waals surface area contributed by atoms with Crippen molar-refractivity contribution in [3.63, 3.8) is 0 Å². The minimum Gasteiger partial charge on any atom is -0.376 e. The monoisotopic (exact) mass is 277 g/mol. The van der Waals surface area contributed by atoms with E-state index in [2.05, 4.69) is 12.2 Å². The summed E-state index contributed by atoms with van der Waals surface area (Å²) in [4.78, 5) is 24.0. The lowest BCUT2D eigenvalue weighted by Crippen LogP contribution is -2.22. The van der Waals surface area contributed by atoms with E-state index in [0.29, 0.717) is 17.2 Å². The van der Waals surface area contributed by atoms with Gasteiger partial charge in [0.2, 0.25) is 0 Å². The van der Waals surface area contributed by atoms with Crippen LogP contribution in [0.3, 0.4) is 0 Å². The van der Waals surface area contributed by atoms with Gasteiger partial charge in [-0.1, -0.05) is 13.3 Å². The molecule has 1 aliphatic rings. The normalized spacial score (nSPS) is 20.4. The summed E-state index contributed by atoms with van der Waals surface area (Å²) in [5.74, 6) is 0.411. The molecule has 0 aromatic heterocycles. The maximum absolute atomic E-state index is 11.9. The number of hydrogen-bond donors (Lipinski definition) is 1. The van der Waals surface area contributed by atoms with Gasteiger partial charge in [0, 0.05) is 31.8 Å². The van der Waals surface area contributed by atoms with Gasteiger partial charge in [0.15, 0.2) is 0 Å². The summed E-state index contributed by atoms with van der Waals surface area (Å²) < 4.78 is 0. The topological polar surface area (TPSA) is 75.5 Å². The van der Waals surface area contributed by atoms with Gasteiger partial charge < -0.3 is 10.2 Å². The first-order valence-corrected chi connectivity index (χ1v) is 6.70. The van der Waals surface area contributed by atoms with Crippen LogP contribution in [0.25, 0.3) is 0 Å². The Balaban J connectivity index is 2.27. The molecule has 1 saturated carbocycles. The van der Waals surface area contributed by atoms with Gasteiger partial charge in [-0.2, -0.15) is 0 Å². The van der Waals surface area contributed by atoms with Crippen LogP contribution in [0.15, 0.2) is 18.2 Å². The number of nitrogens with zero attached hydrogens (tertiary/aromatic N) is 2. The van der Waals surface area contributed by atoms with Gasteiger partial charge in [-0.15, -0.1) is 0 Å². The Morgan fingerprint density at radius 3 is 2.70 bits per heavy atom. The largest absolute Gasteiger partial charge is 0.376 e. The number of nitro benzene ring substituents is 1. The summed E-state index contributed by atoms with van der Waals surface area (Å²) in [5.41, 5.74) is 0.905. The molecule has 0 spiro atoms. The number of hydrogen-bond acceptors (Lipinski definition) is 4. The summed E-state index contributed by atoms with van der Waals surface area (Å²) in [7, 11) is 3.32. The number of nitro groups is 1. The molecule has 2 atom stereocenters. The van der Waals surface area contributed by atoms with Gasteiger partial charge in [-0.25, -0.2) is 0 Å².